The molecule has 0 spiro atoms. The molecule has 7 nitrogen and oxygen atoms in total. The Morgan fingerprint density at radius 3 is 2.82 bits per heavy atom. The lowest BCUT2D eigenvalue weighted by atomic mass is 10.1. The van der Waals surface area contributed by atoms with E-state index in [4.69, 9.17) is 16.7 Å². The van der Waals surface area contributed by atoms with E-state index < -0.39 is 17.8 Å². The third-order valence-corrected chi connectivity index (χ3v) is 3.67. The molecule has 0 aliphatic carbocycles. The summed E-state index contributed by atoms with van der Waals surface area (Å²) in [5, 5.41) is 14.4. The number of urea groups is 1. The third-order valence-electron chi connectivity index (χ3n) is 3.35. The molecule has 3 amide bonds. The minimum atomic E-state index is -0.981. The Balaban J connectivity index is 2.13. The number of carbonyl (C=O) groups is 3. The summed E-state index contributed by atoms with van der Waals surface area (Å²) >= 11 is 6.08. The van der Waals surface area contributed by atoms with Gasteiger partial charge in [0, 0.05) is 25.2 Å². The van der Waals surface area contributed by atoms with Crippen LogP contribution >= 0.6 is 11.6 Å². The normalized spacial score (nSPS) is 15.4. The van der Waals surface area contributed by atoms with E-state index >= 15 is 0 Å². The predicted molar refractivity (Wildman–Crippen MR) is 81.3 cm³/mol. The maximum atomic E-state index is 12.1. The summed E-state index contributed by atoms with van der Waals surface area (Å²) in [6.45, 7) is 2.52. The number of rotatable bonds is 5. The van der Waals surface area contributed by atoms with Crippen LogP contribution in [0.2, 0.25) is 5.02 Å². The fraction of sp³-hybridized carbons (Fsp3) is 0.357. The first-order valence-electron chi connectivity index (χ1n) is 6.76. The second-order valence-corrected chi connectivity index (χ2v) is 5.41. The monoisotopic (exact) mass is 325 g/mol. The largest absolute Gasteiger partial charge is 0.481 e. The number of carbonyl (C=O) groups excluding carboxylic acids is 2. The molecular weight excluding hydrogens is 310 g/mol. The molecule has 0 aromatic heterocycles. The Bertz CT molecular complexity index is 620. The number of carboxylic acids is 1. The molecule has 1 saturated heterocycles. The van der Waals surface area contributed by atoms with Crippen molar-refractivity contribution in [3.05, 3.63) is 28.8 Å². The molecule has 22 heavy (non-hydrogen) atoms. The van der Waals surface area contributed by atoms with Crippen molar-refractivity contribution in [2.45, 2.75) is 6.92 Å². The molecule has 1 aromatic carbocycles. The number of carboxylic acid groups (broad SMARTS) is 1. The second kappa shape index (κ2) is 6.65. The number of nitrogens with one attached hydrogen (secondary N) is 2. The highest BCUT2D eigenvalue weighted by Gasteiger charge is 2.24. The fourth-order valence-electron chi connectivity index (χ4n) is 2.00. The Morgan fingerprint density at radius 2 is 2.23 bits per heavy atom. The number of nitrogens with zero attached hydrogens (tertiary/aromatic N) is 1. The van der Waals surface area contributed by atoms with Crippen molar-refractivity contribution in [2.75, 3.05) is 24.5 Å². The SMILES string of the molecule is CC(CNC(=O)c1ccc(Cl)c(N2CCNC2=O)c1)C(=O)O. The average molecular weight is 326 g/mol. The van der Waals surface area contributed by atoms with E-state index in [2.05, 4.69) is 10.6 Å². The molecule has 8 heteroatoms. The van der Waals surface area contributed by atoms with E-state index in [-0.39, 0.29) is 12.6 Å². The van der Waals surface area contributed by atoms with Gasteiger partial charge in [0.1, 0.15) is 0 Å². The molecule has 0 bridgehead atoms. The van der Waals surface area contributed by atoms with Crippen molar-refractivity contribution in [3.63, 3.8) is 0 Å². The van der Waals surface area contributed by atoms with Crippen LogP contribution in [0.3, 0.4) is 0 Å². The Morgan fingerprint density at radius 1 is 1.50 bits per heavy atom. The summed E-state index contributed by atoms with van der Waals surface area (Å²) in [4.78, 5) is 35.9. The zero-order valence-electron chi connectivity index (χ0n) is 11.9. The van der Waals surface area contributed by atoms with E-state index in [1.165, 1.54) is 30.0 Å². The lowest BCUT2D eigenvalue weighted by Crippen LogP contribution is -2.32. The Hall–Kier alpha value is -2.28. The quantitative estimate of drug-likeness (QED) is 0.760. The second-order valence-electron chi connectivity index (χ2n) is 5.00. The van der Waals surface area contributed by atoms with Gasteiger partial charge in [0.05, 0.1) is 16.6 Å². The summed E-state index contributed by atoms with van der Waals surface area (Å²) in [6, 6.07) is 4.33. The molecule has 118 valence electrons. The highest BCUT2D eigenvalue weighted by atomic mass is 35.5. The summed E-state index contributed by atoms with van der Waals surface area (Å²) < 4.78 is 0. The molecule has 1 fully saturated rings. The van der Waals surface area contributed by atoms with Crippen LogP contribution in [0.25, 0.3) is 0 Å². The summed E-state index contributed by atoms with van der Waals surface area (Å²) in [6.07, 6.45) is 0. The minimum Gasteiger partial charge on any atom is -0.481 e. The van der Waals surface area contributed by atoms with Gasteiger partial charge in [-0.15, -0.1) is 0 Å². The van der Waals surface area contributed by atoms with Crippen LogP contribution in [-0.2, 0) is 4.79 Å². The maximum Gasteiger partial charge on any atom is 0.322 e. The molecule has 2 rings (SSSR count). The molecule has 1 atom stereocenters. The van der Waals surface area contributed by atoms with Gasteiger partial charge in [-0.1, -0.05) is 18.5 Å². The van der Waals surface area contributed by atoms with Crippen LogP contribution in [0.15, 0.2) is 18.2 Å². The number of anilines is 1. The summed E-state index contributed by atoms with van der Waals surface area (Å²) in [5.74, 6) is -2.07. The first-order chi connectivity index (χ1) is 10.4. The Kier molecular flexibility index (Phi) is 4.87. The van der Waals surface area contributed by atoms with Gasteiger partial charge in [-0.25, -0.2) is 4.79 Å². The zero-order valence-corrected chi connectivity index (χ0v) is 12.7. The molecule has 1 aromatic rings. The van der Waals surface area contributed by atoms with Crippen LogP contribution in [-0.4, -0.2) is 42.6 Å². The van der Waals surface area contributed by atoms with Gasteiger partial charge in [0.15, 0.2) is 0 Å². The van der Waals surface area contributed by atoms with Crippen LogP contribution in [0, 0.1) is 5.92 Å². The molecule has 1 unspecified atom stereocenters. The van der Waals surface area contributed by atoms with Gasteiger partial charge in [0.2, 0.25) is 0 Å². The van der Waals surface area contributed by atoms with Gasteiger partial charge >= 0.3 is 12.0 Å². The molecular formula is C14H16ClN3O4. The van der Waals surface area contributed by atoms with Crippen LogP contribution in [0.4, 0.5) is 10.5 Å². The highest BCUT2D eigenvalue weighted by molar-refractivity contribution is 6.34. The first kappa shape index (κ1) is 16.1. The molecule has 1 aliphatic heterocycles. The number of hydrogen-bond acceptors (Lipinski definition) is 3. The van der Waals surface area contributed by atoms with Gasteiger partial charge in [-0.05, 0) is 18.2 Å². The summed E-state index contributed by atoms with van der Waals surface area (Å²) in [7, 11) is 0. The van der Waals surface area contributed by atoms with Crippen molar-refractivity contribution in [1.29, 1.82) is 0 Å². The minimum absolute atomic E-state index is 0.0241. The lowest BCUT2D eigenvalue weighted by Gasteiger charge is -2.17. The number of halogens is 1. The lowest BCUT2D eigenvalue weighted by molar-refractivity contribution is -0.140. The van der Waals surface area contributed by atoms with Gasteiger partial charge in [-0.2, -0.15) is 0 Å². The summed E-state index contributed by atoms with van der Waals surface area (Å²) in [5.41, 5.74) is 0.771. The number of benzene rings is 1. The zero-order chi connectivity index (χ0) is 16.3. The molecule has 0 saturated carbocycles. The maximum absolute atomic E-state index is 12.1. The van der Waals surface area contributed by atoms with Gasteiger partial charge in [0.25, 0.3) is 5.91 Å². The highest BCUT2D eigenvalue weighted by Crippen LogP contribution is 2.28. The number of aliphatic carboxylic acids is 1. The first-order valence-corrected chi connectivity index (χ1v) is 7.14. The van der Waals surface area contributed by atoms with Crippen molar-refractivity contribution in [2.24, 2.45) is 5.92 Å². The van der Waals surface area contributed by atoms with Gasteiger partial charge in [-0.3, -0.25) is 14.5 Å². The van der Waals surface area contributed by atoms with E-state index in [1.807, 2.05) is 0 Å². The molecule has 1 aliphatic rings. The van der Waals surface area contributed by atoms with E-state index in [0.717, 1.165) is 0 Å². The number of hydrogen-bond donors (Lipinski definition) is 3. The van der Waals surface area contributed by atoms with Crippen LogP contribution < -0.4 is 15.5 Å². The topological polar surface area (TPSA) is 98.7 Å². The molecule has 3 N–H and O–H groups in total. The van der Waals surface area contributed by atoms with E-state index in [1.54, 1.807) is 0 Å². The molecule has 1 heterocycles. The van der Waals surface area contributed by atoms with Crippen molar-refractivity contribution in [3.8, 4) is 0 Å². The Labute approximate surface area is 132 Å². The van der Waals surface area contributed by atoms with Crippen molar-refractivity contribution >= 4 is 35.2 Å². The van der Waals surface area contributed by atoms with Crippen molar-refractivity contribution in [1.82, 2.24) is 10.6 Å². The number of amides is 3. The average Bonchev–Trinajstić information content (AvgIpc) is 2.90. The fourth-order valence-corrected chi connectivity index (χ4v) is 2.22. The smallest absolute Gasteiger partial charge is 0.322 e. The van der Waals surface area contributed by atoms with Gasteiger partial charge < -0.3 is 15.7 Å². The van der Waals surface area contributed by atoms with E-state index in [9.17, 15) is 14.4 Å². The predicted octanol–water partition coefficient (Wildman–Crippen LogP) is 1.32. The van der Waals surface area contributed by atoms with Crippen LogP contribution in [0.5, 0.6) is 0 Å². The third kappa shape index (κ3) is 3.48. The van der Waals surface area contributed by atoms with Crippen LogP contribution in [0.1, 0.15) is 17.3 Å². The molecule has 0 radical (unpaired) electrons. The standard InChI is InChI=1S/C14H16ClN3O4/c1-8(13(20)21)7-17-12(19)9-2-3-10(15)11(6-9)18-5-4-16-14(18)22/h2-3,6,8H,4-5,7H2,1H3,(H,16,22)(H,17,19)(H,20,21). The van der Waals surface area contributed by atoms with Crippen molar-refractivity contribution < 1.29 is 19.5 Å². The van der Waals surface area contributed by atoms with E-state index in [0.29, 0.717) is 29.4 Å².